The second-order valence-corrected chi connectivity index (χ2v) is 9.68. The molecular weight excluding hydrogens is 506 g/mol. The minimum atomic E-state index is 0.0174. The molecule has 0 saturated carbocycles. The Hall–Kier alpha value is -4.56. The number of anilines is 3. The highest BCUT2D eigenvalue weighted by Gasteiger charge is 2.19. The number of hydrogen-bond acceptors (Lipinski definition) is 6. The molecule has 1 aromatic heterocycles. The van der Waals surface area contributed by atoms with E-state index in [1.54, 1.807) is 12.0 Å². The zero-order valence-corrected chi connectivity index (χ0v) is 22.4. The maximum atomic E-state index is 13.5. The molecule has 8 heteroatoms. The smallest absolute Gasteiger partial charge is 0.232 e. The summed E-state index contributed by atoms with van der Waals surface area (Å²) < 4.78 is 7.50. The number of carbonyl (C=O) groups excluding carboxylic acids is 1. The van der Waals surface area contributed by atoms with E-state index >= 15 is 0 Å². The van der Waals surface area contributed by atoms with Gasteiger partial charge in [-0.25, -0.2) is 0 Å². The molecule has 1 N–H and O–H groups in total. The van der Waals surface area contributed by atoms with Crippen LogP contribution >= 0.6 is 11.8 Å². The maximum absolute atomic E-state index is 13.5. The molecule has 0 aliphatic rings. The van der Waals surface area contributed by atoms with Gasteiger partial charge in [-0.1, -0.05) is 78.5 Å². The van der Waals surface area contributed by atoms with Crippen LogP contribution in [0.1, 0.15) is 12.2 Å². The number of para-hydroxylation sites is 5. The molecule has 0 saturated heterocycles. The summed E-state index contributed by atoms with van der Waals surface area (Å²) in [5, 5.41) is 13.1. The Morgan fingerprint density at radius 2 is 1.41 bits per heavy atom. The minimum absolute atomic E-state index is 0.0174. The van der Waals surface area contributed by atoms with E-state index in [1.807, 2.05) is 120 Å². The number of carbonyl (C=O) groups is 1. The van der Waals surface area contributed by atoms with Crippen molar-refractivity contribution in [3.05, 3.63) is 121 Å². The molecule has 0 spiro atoms. The third kappa shape index (κ3) is 6.30. The molecule has 39 heavy (non-hydrogen) atoms. The van der Waals surface area contributed by atoms with Crippen LogP contribution in [0.15, 0.2) is 120 Å². The summed E-state index contributed by atoms with van der Waals surface area (Å²) in [7, 11) is 1.65. The molecule has 196 valence electrons. The number of rotatable bonds is 11. The van der Waals surface area contributed by atoms with Crippen LogP contribution in [0.5, 0.6) is 5.75 Å². The summed E-state index contributed by atoms with van der Waals surface area (Å²) in [6.45, 7) is 0.456. The highest BCUT2D eigenvalue weighted by Crippen LogP contribution is 2.29. The Balaban J connectivity index is 1.33. The van der Waals surface area contributed by atoms with Crippen LogP contribution in [0.2, 0.25) is 0 Å². The molecule has 5 rings (SSSR count). The number of thioether (sulfide) groups is 1. The van der Waals surface area contributed by atoms with Crippen LogP contribution < -0.4 is 15.0 Å². The predicted molar refractivity (Wildman–Crippen MR) is 157 cm³/mol. The van der Waals surface area contributed by atoms with E-state index < -0.39 is 0 Å². The van der Waals surface area contributed by atoms with Crippen LogP contribution in [0.25, 0.3) is 5.69 Å². The number of amides is 1. The van der Waals surface area contributed by atoms with Crippen LogP contribution in [0.3, 0.4) is 0 Å². The number of aromatic nitrogens is 3. The van der Waals surface area contributed by atoms with Crippen LogP contribution in [0, 0.1) is 0 Å². The molecular formula is C31H29N5O2S. The monoisotopic (exact) mass is 535 g/mol. The normalized spacial score (nSPS) is 10.7. The van der Waals surface area contributed by atoms with Crippen molar-refractivity contribution in [2.24, 2.45) is 0 Å². The number of nitrogens with one attached hydrogen (secondary N) is 1. The standard InChI is InChI=1S/C31H29N5O2S/c1-38-28-20-12-11-19-27(28)32-23-29-33-34-31(36(29)26-17-9-4-10-18-26)39-22-21-30(37)35(24-13-5-2-6-14-24)25-15-7-3-8-16-25/h2-20,32H,21-23H2,1H3. The number of benzene rings is 4. The fraction of sp³-hybridized carbons (Fsp3) is 0.129. The zero-order chi connectivity index (χ0) is 26.9. The summed E-state index contributed by atoms with van der Waals surface area (Å²) >= 11 is 1.52. The van der Waals surface area contributed by atoms with Gasteiger partial charge in [0.15, 0.2) is 11.0 Å². The molecule has 1 heterocycles. The van der Waals surface area contributed by atoms with Crippen molar-refractivity contribution in [1.29, 1.82) is 0 Å². The van der Waals surface area contributed by atoms with E-state index in [9.17, 15) is 4.79 Å². The third-order valence-corrected chi connectivity index (χ3v) is 7.01. The van der Waals surface area contributed by atoms with E-state index in [0.29, 0.717) is 18.7 Å². The molecule has 0 aliphatic carbocycles. The molecule has 4 aromatic carbocycles. The summed E-state index contributed by atoms with van der Waals surface area (Å²) in [5.41, 5.74) is 3.53. The average Bonchev–Trinajstić information content (AvgIpc) is 3.40. The number of ether oxygens (including phenoxy) is 1. The lowest BCUT2D eigenvalue weighted by atomic mass is 10.2. The summed E-state index contributed by atoms with van der Waals surface area (Å²) in [6.07, 6.45) is 0.338. The summed E-state index contributed by atoms with van der Waals surface area (Å²) in [4.78, 5) is 15.2. The van der Waals surface area contributed by atoms with Gasteiger partial charge in [0.2, 0.25) is 5.91 Å². The minimum Gasteiger partial charge on any atom is -0.495 e. The van der Waals surface area contributed by atoms with Crippen LogP contribution in [-0.2, 0) is 11.3 Å². The molecule has 0 radical (unpaired) electrons. The van der Waals surface area contributed by atoms with Gasteiger partial charge in [0.05, 0.1) is 19.3 Å². The lowest BCUT2D eigenvalue weighted by Gasteiger charge is -2.23. The van der Waals surface area contributed by atoms with Gasteiger partial charge in [-0.2, -0.15) is 0 Å². The van der Waals surface area contributed by atoms with Crippen molar-refractivity contribution >= 4 is 34.7 Å². The molecule has 0 fully saturated rings. The van der Waals surface area contributed by atoms with Gasteiger partial charge < -0.3 is 10.1 Å². The Labute approximate surface area is 232 Å². The highest BCUT2D eigenvalue weighted by atomic mass is 32.2. The van der Waals surface area contributed by atoms with E-state index in [1.165, 1.54) is 11.8 Å². The maximum Gasteiger partial charge on any atom is 0.232 e. The molecule has 0 aliphatic heterocycles. The molecule has 5 aromatic rings. The van der Waals surface area contributed by atoms with Crippen LogP contribution in [0.4, 0.5) is 17.1 Å². The molecule has 0 atom stereocenters. The number of hydrogen-bond donors (Lipinski definition) is 1. The fourth-order valence-corrected chi connectivity index (χ4v) is 5.14. The Morgan fingerprint density at radius 3 is 2.05 bits per heavy atom. The van der Waals surface area contributed by atoms with E-state index in [0.717, 1.165) is 39.5 Å². The third-order valence-electron chi connectivity index (χ3n) is 6.08. The first-order chi connectivity index (χ1) is 19.2. The van der Waals surface area contributed by atoms with Crippen molar-refractivity contribution in [3.8, 4) is 11.4 Å². The van der Waals surface area contributed by atoms with Gasteiger partial charge in [-0.3, -0.25) is 14.3 Å². The van der Waals surface area contributed by atoms with Gasteiger partial charge >= 0.3 is 0 Å². The van der Waals surface area contributed by atoms with Crippen molar-refractivity contribution in [2.75, 3.05) is 23.1 Å². The van der Waals surface area contributed by atoms with Crippen LogP contribution in [-0.4, -0.2) is 33.5 Å². The van der Waals surface area contributed by atoms with Gasteiger partial charge in [0.25, 0.3) is 0 Å². The zero-order valence-electron chi connectivity index (χ0n) is 21.6. The average molecular weight is 536 g/mol. The first kappa shape index (κ1) is 26.1. The van der Waals surface area contributed by atoms with Crippen molar-refractivity contribution < 1.29 is 9.53 Å². The van der Waals surface area contributed by atoms with Gasteiger partial charge in [-0.05, 0) is 48.5 Å². The number of methoxy groups -OCH3 is 1. The molecule has 1 amide bonds. The molecule has 7 nitrogen and oxygen atoms in total. The topological polar surface area (TPSA) is 72.3 Å². The lowest BCUT2D eigenvalue weighted by Crippen LogP contribution is -2.26. The second kappa shape index (κ2) is 12.8. The molecule has 0 bridgehead atoms. The predicted octanol–water partition coefficient (Wildman–Crippen LogP) is 6.74. The highest BCUT2D eigenvalue weighted by molar-refractivity contribution is 7.99. The van der Waals surface area contributed by atoms with Gasteiger partial charge in [0, 0.05) is 29.2 Å². The van der Waals surface area contributed by atoms with E-state index in [-0.39, 0.29) is 5.91 Å². The molecule has 0 unspecified atom stereocenters. The lowest BCUT2D eigenvalue weighted by molar-refractivity contribution is -0.117. The Morgan fingerprint density at radius 1 is 0.821 bits per heavy atom. The van der Waals surface area contributed by atoms with E-state index in [4.69, 9.17) is 4.74 Å². The van der Waals surface area contributed by atoms with Crippen molar-refractivity contribution in [3.63, 3.8) is 0 Å². The fourth-order valence-electron chi connectivity index (χ4n) is 4.24. The summed E-state index contributed by atoms with van der Waals surface area (Å²) in [5.74, 6) is 2.09. The van der Waals surface area contributed by atoms with Gasteiger partial charge in [-0.15, -0.1) is 10.2 Å². The number of nitrogens with zero attached hydrogens (tertiary/aromatic N) is 4. The van der Waals surface area contributed by atoms with Crippen molar-refractivity contribution in [1.82, 2.24) is 14.8 Å². The van der Waals surface area contributed by atoms with E-state index in [2.05, 4.69) is 15.5 Å². The first-order valence-electron chi connectivity index (χ1n) is 12.7. The second-order valence-electron chi connectivity index (χ2n) is 8.62. The Kier molecular flexibility index (Phi) is 8.55. The summed E-state index contributed by atoms with van der Waals surface area (Å²) in [6, 6.07) is 37.2. The Bertz CT molecular complexity index is 1450. The van der Waals surface area contributed by atoms with Gasteiger partial charge in [0.1, 0.15) is 5.75 Å². The SMILES string of the molecule is COc1ccccc1NCc1nnc(SCCC(=O)N(c2ccccc2)c2ccccc2)n1-c1ccccc1. The van der Waals surface area contributed by atoms with Crippen molar-refractivity contribution in [2.45, 2.75) is 18.1 Å². The largest absolute Gasteiger partial charge is 0.495 e. The first-order valence-corrected chi connectivity index (χ1v) is 13.7. The quantitative estimate of drug-likeness (QED) is 0.189.